The van der Waals surface area contributed by atoms with Crippen molar-refractivity contribution in [1.82, 2.24) is 20.1 Å². The Morgan fingerprint density at radius 1 is 1.71 bits per heavy atom. The number of hydrogen-bond donors (Lipinski definition) is 2. The van der Waals surface area contributed by atoms with E-state index in [4.69, 9.17) is 12.2 Å². The Morgan fingerprint density at radius 3 is 3.00 bits per heavy atom. The summed E-state index contributed by atoms with van der Waals surface area (Å²) in [5.41, 5.74) is 0. The summed E-state index contributed by atoms with van der Waals surface area (Å²) in [5, 5.41) is 9.85. The number of carbonyl (C=O) groups excluding carboxylic acids is 1. The van der Waals surface area contributed by atoms with Crippen molar-refractivity contribution in [3.8, 4) is 0 Å². The van der Waals surface area contributed by atoms with Gasteiger partial charge in [-0.1, -0.05) is 13.8 Å². The van der Waals surface area contributed by atoms with Crippen molar-refractivity contribution in [1.29, 1.82) is 0 Å². The molecular weight excluding hydrogens is 236 g/mol. The predicted octanol–water partition coefficient (Wildman–Crippen LogP) is 1.94. The molecule has 0 radical (unpaired) electrons. The predicted molar refractivity (Wildman–Crippen MR) is 67.0 cm³/mol. The fraction of sp³-hybridized carbons (Fsp3) is 0.727. The molecule has 0 saturated heterocycles. The Labute approximate surface area is 106 Å². The quantitative estimate of drug-likeness (QED) is 0.789. The van der Waals surface area contributed by atoms with Crippen LogP contribution in [0.2, 0.25) is 0 Å². The van der Waals surface area contributed by atoms with E-state index in [9.17, 15) is 4.79 Å². The van der Waals surface area contributed by atoms with Crippen LogP contribution in [-0.2, 0) is 11.3 Å². The highest BCUT2D eigenvalue weighted by atomic mass is 32.1. The molecular formula is C11H18N4OS. The molecule has 1 saturated carbocycles. The lowest BCUT2D eigenvalue weighted by Gasteiger charge is -2.10. The van der Waals surface area contributed by atoms with Gasteiger partial charge in [0.2, 0.25) is 5.91 Å². The summed E-state index contributed by atoms with van der Waals surface area (Å²) in [6.07, 6.45) is 3.15. The summed E-state index contributed by atoms with van der Waals surface area (Å²) < 4.78 is 2.67. The molecule has 94 valence electrons. The molecule has 0 spiro atoms. The average molecular weight is 254 g/mol. The first kappa shape index (κ1) is 12.3. The molecule has 2 N–H and O–H groups in total. The molecule has 5 nitrogen and oxygen atoms in total. The number of aromatic amines is 1. The van der Waals surface area contributed by atoms with E-state index in [2.05, 4.69) is 15.5 Å². The molecule has 0 aliphatic heterocycles. The van der Waals surface area contributed by atoms with Crippen molar-refractivity contribution in [2.24, 2.45) is 5.92 Å². The van der Waals surface area contributed by atoms with Gasteiger partial charge in [0, 0.05) is 12.0 Å². The summed E-state index contributed by atoms with van der Waals surface area (Å²) >= 11 is 5.18. The lowest BCUT2D eigenvalue weighted by molar-refractivity contribution is -0.124. The number of rotatable bonds is 5. The monoisotopic (exact) mass is 254 g/mol. The standard InChI is InChI=1S/C11H18N4OS/c1-3-7(2)10(16)12-6-9-13-14-11(17)15(9)8-4-5-8/h7-8H,3-6H2,1-2H3,(H,12,16)(H,14,17)/t7-/m1/s1. The molecule has 17 heavy (non-hydrogen) atoms. The molecule has 0 aromatic carbocycles. The van der Waals surface area contributed by atoms with Gasteiger partial charge in [-0.25, -0.2) is 0 Å². The maximum atomic E-state index is 11.7. The third-order valence-corrected chi connectivity index (χ3v) is 3.46. The molecule has 1 aromatic heterocycles. The minimum atomic E-state index is 0.0475. The summed E-state index contributed by atoms with van der Waals surface area (Å²) in [6, 6.07) is 0.483. The van der Waals surface area contributed by atoms with Crippen LogP contribution in [0.3, 0.4) is 0 Å². The normalized spacial score (nSPS) is 16.8. The topological polar surface area (TPSA) is 62.7 Å². The Morgan fingerprint density at radius 2 is 2.41 bits per heavy atom. The summed E-state index contributed by atoms with van der Waals surface area (Å²) in [4.78, 5) is 11.7. The van der Waals surface area contributed by atoms with Crippen molar-refractivity contribution in [2.45, 2.75) is 45.7 Å². The van der Waals surface area contributed by atoms with Crippen molar-refractivity contribution in [2.75, 3.05) is 0 Å². The Bertz CT molecular complexity index is 460. The van der Waals surface area contributed by atoms with E-state index in [0.29, 0.717) is 17.4 Å². The van der Waals surface area contributed by atoms with E-state index in [-0.39, 0.29) is 11.8 Å². The van der Waals surface area contributed by atoms with Gasteiger partial charge in [0.05, 0.1) is 6.54 Å². The zero-order valence-electron chi connectivity index (χ0n) is 10.2. The van der Waals surface area contributed by atoms with E-state index >= 15 is 0 Å². The number of aromatic nitrogens is 3. The SMILES string of the molecule is CC[C@@H](C)C(=O)NCc1n[nH]c(=S)n1C1CC1. The second-order valence-corrected chi connectivity index (χ2v) is 4.96. The van der Waals surface area contributed by atoms with E-state index in [1.165, 1.54) is 0 Å². The van der Waals surface area contributed by atoms with Gasteiger partial charge >= 0.3 is 0 Å². The van der Waals surface area contributed by atoms with Crippen LogP contribution in [0.25, 0.3) is 0 Å². The summed E-state index contributed by atoms with van der Waals surface area (Å²) in [5.74, 6) is 0.948. The molecule has 1 aliphatic rings. The first-order valence-electron chi connectivity index (χ1n) is 6.07. The lowest BCUT2D eigenvalue weighted by Crippen LogP contribution is -2.29. The maximum absolute atomic E-state index is 11.7. The first-order chi connectivity index (χ1) is 8.13. The fourth-order valence-electron chi connectivity index (χ4n) is 1.70. The number of nitrogens with zero attached hydrogens (tertiary/aromatic N) is 2. The van der Waals surface area contributed by atoms with Crippen LogP contribution >= 0.6 is 12.2 Å². The second kappa shape index (κ2) is 5.00. The average Bonchev–Trinajstić information content (AvgIpc) is 3.09. The van der Waals surface area contributed by atoms with Crippen LogP contribution in [0, 0.1) is 10.7 Å². The number of hydrogen-bond acceptors (Lipinski definition) is 3. The smallest absolute Gasteiger partial charge is 0.223 e. The maximum Gasteiger partial charge on any atom is 0.223 e. The number of H-pyrrole nitrogens is 1. The molecule has 2 rings (SSSR count). The zero-order chi connectivity index (χ0) is 12.4. The highest BCUT2D eigenvalue weighted by Gasteiger charge is 2.27. The van der Waals surface area contributed by atoms with Gasteiger partial charge in [0.25, 0.3) is 0 Å². The van der Waals surface area contributed by atoms with Crippen molar-refractivity contribution < 1.29 is 4.79 Å². The minimum Gasteiger partial charge on any atom is -0.349 e. The number of amides is 1. The van der Waals surface area contributed by atoms with Gasteiger partial charge in [0.1, 0.15) is 0 Å². The van der Waals surface area contributed by atoms with Crippen LogP contribution < -0.4 is 5.32 Å². The van der Waals surface area contributed by atoms with Gasteiger partial charge in [-0.15, -0.1) is 0 Å². The van der Waals surface area contributed by atoms with E-state index in [1.807, 2.05) is 18.4 Å². The van der Waals surface area contributed by atoms with Crippen LogP contribution in [0.15, 0.2) is 0 Å². The lowest BCUT2D eigenvalue weighted by atomic mass is 10.1. The van der Waals surface area contributed by atoms with E-state index in [1.54, 1.807) is 0 Å². The first-order valence-corrected chi connectivity index (χ1v) is 6.47. The minimum absolute atomic E-state index is 0.0475. The van der Waals surface area contributed by atoms with Gasteiger partial charge in [0.15, 0.2) is 10.6 Å². The number of carbonyl (C=O) groups is 1. The summed E-state index contributed by atoms with van der Waals surface area (Å²) in [6.45, 7) is 4.38. The van der Waals surface area contributed by atoms with Gasteiger partial charge in [-0.05, 0) is 31.5 Å². The Balaban J connectivity index is 1.99. The van der Waals surface area contributed by atoms with Crippen molar-refractivity contribution in [3.05, 3.63) is 10.6 Å². The third-order valence-electron chi connectivity index (χ3n) is 3.17. The zero-order valence-corrected chi connectivity index (χ0v) is 11.0. The van der Waals surface area contributed by atoms with Crippen LogP contribution in [0.1, 0.15) is 45.0 Å². The Kier molecular flexibility index (Phi) is 3.61. The van der Waals surface area contributed by atoms with E-state index < -0.39 is 0 Å². The molecule has 1 fully saturated rings. The number of nitrogens with one attached hydrogen (secondary N) is 2. The highest BCUT2D eigenvalue weighted by molar-refractivity contribution is 7.71. The molecule has 1 heterocycles. The molecule has 0 unspecified atom stereocenters. The molecule has 1 amide bonds. The third kappa shape index (κ3) is 2.74. The summed E-state index contributed by atoms with van der Waals surface area (Å²) in [7, 11) is 0. The van der Waals surface area contributed by atoms with Gasteiger partial charge in [-0.3, -0.25) is 14.5 Å². The van der Waals surface area contributed by atoms with Crippen LogP contribution in [-0.4, -0.2) is 20.7 Å². The Hall–Kier alpha value is -1.17. The van der Waals surface area contributed by atoms with Gasteiger partial charge < -0.3 is 5.32 Å². The van der Waals surface area contributed by atoms with E-state index in [0.717, 1.165) is 25.1 Å². The van der Waals surface area contributed by atoms with Crippen molar-refractivity contribution in [3.63, 3.8) is 0 Å². The molecule has 1 aromatic rings. The van der Waals surface area contributed by atoms with Crippen molar-refractivity contribution >= 4 is 18.1 Å². The molecule has 1 atom stereocenters. The molecule has 1 aliphatic carbocycles. The highest BCUT2D eigenvalue weighted by Crippen LogP contribution is 2.35. The molecule has 0 bridgehead atoms. The van der Waals surface area contributed by atoms with Crippen LogP contribution in [0.5, 0.6) is 0 Å². The van der Waals surface area contributed by atoms with Crippen LogP contribution in [0.4, 0.5) is 0 Å². The van der Waals surface area contributed by atoms with Gasteiger partial charge in [-0.2, -0.15) is 5.10 Å². The molecule has 6 heteroatoms. The largest absolute Gasteiger partial charge is 0.349 e. The second-order valence-electron chi connectivity index (χ2n) is 4.57. The fourth-order valence-corrected chi connectivity index (χ4v) is 2.00.